The van der Waals surface area contributed by atoms with Crippen molar-refractivity contribution in [2.45, 2.75) is 18.6 Å². The maximum absolute atomic E-state index is 12.3. The normalized spacial score (nSPS) is 12.5. The molecule has 0 fully saturated rings. The summed E-state index contributed by atoms with van der Waals surface area (Å²) in [5, 5.41) is 10.6. The number of methoxy groups -OCH3 is 1. The lowest BCUT2D eigenvalue weighted by molar-refractivity contribution is -0.157. The van der Waals surface area contributed by atoms with Gasteiger partial charge in [0.15, 0.2) is 0 Å². The lowest BCUT2D eigenvalue weighted by Crippen LogP contribution is -2.43. The van der Waals surface area contributed by atoms with Crippen molar-refractivity contribution in [2.75, 3.05) is 20.3 Å². The Bertz CT molecular complexity index is 547. The van der Waals surface area contributed by atoms with E-state index in [1.165, 1.54) is 25.3 Å². The van der Waals surface area contributed by atoms with Crippen LogP contribution in [0.5, 0.6) is 5.75 Å². The number of carbonyl (C=O) groups is 2. The minimum absolute atomic E-state index is 0.00617. The van der Waals surface area contributed by atoms with E-state index in [2.05, 4.69) is 0 Å². The molecular weight excluding hydrogens is 319 g/mol. The van der Waals surface area contributed by atoms with Crippen LogP contribution < -0.4 is 10.1 Å². The zero-order chi connectivity index (χ0) is 17.5. The van der Waals surface area contributed by atoms with Crippen molar-refractivity contribution in [3.63, 3.8) is 0 Å². The first-order valence-corrected chi connectivity index (χ1v) is 6.55. The van der Waals surface area contributed by atoms with Crippen molar-refractivity contribution in [3.05, 3.63) is 29.8 Å². The second kappa shape index (κ2) is 8.37. The molecule has 0 heterocycles. The molecule has 9 heteroatoms. The van der Waals surface area contributed by atoms with Gasteiger partial charge in [0.25, 0.3) is 5.91 Å². The number of benzene rings is 1. The van der Waals surface area contributed by atoms with Crippen LogP contribution in [-0.4, -0.2) is 49.5 Å². The van der Waals surface area contributed by atoms with Crippen LogP contribution in [0.3, 0.4) is 0 Å². The standard InChI is InChI=1S/C14H16F3NO5/c1-22-5-6-23-10-4-2-3-9(7-10)12(19)18-11(13(20)21)8-14(15,16)17/h2-4,7,11H,5-6,8H2,1H3,(H,18,19)(H,20,21). The molecule has 0 saturated carbocycles. The topological polar surface area (TPSA) is 84.9 Å². The average molecular weight is 335 g/mol. The van der Waals surface area contributed by atoms with Crippen molar-refractivity contribution in [3.8, 4) is 5.75 Å². The van der Waals surface area contributed by atoms with E-state index in [0.29, 0.717) is 12.4 Å². The number of aliphatic carboxylic acids is 1. The Morgan fingerprint density at radius 3 is 2.57 bits per heavy atom. The number of hydrogen-bond donors (Lipinski definition) is 2. The summed E-state index contributed by atoms with van der Waals surface area (Å²) in [5.41, 5.74) is -0.00617. The quantitative estimate of drug-likeness (QED) is 0.708. The molecule has 0 aliphatic rings. The zero-order valence-electron chi connectivity index (χ0n) is 12.2. The summed E-state index contributed by atoms with van der Waals surface area (Å²) >= 11 is 0. The molecule has 0 aliphatic carbocycles. The number of carbonyl (C=O) groups excluding carboxylic acids is 1. The van der Waals surface area contributed by atoms with E-state index in [0.717, 1.165) is 0 Å². The number of ether oxygens (including phenoxy) is 2. The van der Waals surface area contributed by atoms with Crippen LogP contribution in [0.15, 0.2) is 24.3 Å². The summed E-state index contributed by atoms with van der Waals surface area (Å²) in [4.78, 5) is 22.7. The van der Waals surface area contributed by atoms with Gasteiger partial charge in [-0.3, -0.25) is 4.79 Å². The zero-order valence-corrected chi connectivity index (χ0v) is 12.2. The lowest BCUT2D eigenvalue weighted by atomic mass is 10.1. The van der Waals surface area contributed by atoms with Crippen molar-refractivity contribution in [1.29, 1.82) is 0 Å². The fraction of sp³-hybridized carbons (Fsp3) is 0.429. The summed E-state index contributed by atoms with van der Waals surface area (Å²) < 4.78 is 47.0. The highest BCUT2D eigenvalue weighted by molar-refractivity contribution is 5.96. The molecule has 1 aromatic rings. The highest BCUT2D eigenvalue weighted by Crippen LogP contribution is 2.22. The molecule has 0 radical (unpaired) electrons. The lowest BCUT2D eigenvalue weighted by Gasteiger charge is -2.16. The van der Waals surface area contributed by atoms with Crippen LogP contribution in [0.1, 0.15) is 16.8 Å². The van der Waals surface area contributed by atoms with Crippen LogP contribution in [0.4, 0.5) is 13.2 Å². The van der Waals surface area contributed by atoms with Crippen LogP contribution in [0.2, 0.25) is 0 Å². The Kier molecular flexibility index (Phi) is 6.83. The number of hydrogen-bond acceptors (Lipinski definition) is 4. The number of carboxylic acids is 1. The molecule has 1 amide bonds. The van der Waals surface area contributed by atoms with Gasteiger partial charge in [0.05, 0.1) is 13.0 Å². The minimum Gasteiger partial charge on any atom is -0.491 e. The Morgan fingerprint density at radius 1 is 1.30 bits per heavy atom. The molecule has 1 aromatic carbocycles. The van der Waals surface area contributed by atoms with E-state index in [1.807, 2.05) is 5.32 Å². The van der Waals surface area contributed by atoms with Gasteiger partial charge in [-0.2, -0.15) is 13.2 Å². The third-order valence-corrected chi connectivity index (χ3v) is 2.69. The molecule has 0 bridgehead atoms. The van der Waals surface area contributed by atoms with Gasteiger partial charge in [-0.1, -0.05) is 6.07 Å². The maximum Gasteiger partial charge on any atom is 0.391 e. The van der Waals surface area contributed by atoms with Crippen molar-refractivity contribution < 1.29 is 37.3 Å². The van der Waals surface area contributed by atoms with E-state index >= 15 is 0 Å². The minimum atomic E-state index is -4.71. The molecule has 2 N–H and O–H groups in total. The van der Waals surface area contributed by atoms with Gasteiger partial charge in [0.1, 0.15) is 18.4 Å². The Morgan fingerprint density at radius 2 is 2.00 bits per heavy atom. The van der Waals surface area contributed by atoms with Crippen LogP contribution >= 0.6 is 0 Å². The van der Waals surface area contributed by atoms with E-state index in [1.54, 1.807) is 6.07 Å². The van der Waals surface area contributed by atoms with Gasteiger partial charge >= 0.3 is 12.1 Å². The maximum atomic E-state index is 12.3. The molecule has 1 atom stereocenters. The second-order valence-corrected chi connectivity index (χ2v) is 4.55. The van der Waals surface area contributed by atoms with Gasteiger partial charge in [-0.05, 0) is 18.2 Å². The van der Waals surface area contributed by atoms with Gasteiger partial charge < -0.3 is 19.9 Å². The number of nitrogens with one attached hydrogen (secondary N) is 1. The summed E-state index contributed by atoms with van der Waals surface area (Å²) in [7, 11) is 1.49. The largest absolute Gasteiger partial charge is 0.491 e. The van der Waals surface area contributed by atoms with E-state index in [4.69, 9.17) is 14.6 Å². The second-order valence-electron chi connectivity index (χ2n) is 4.55. The highest BCUT2D eigenvalue weighted by Gasteiger charge is 2.36. The van der Waals surface area contributed by atoms with E-state index in [9.17, 15) is 22.8 Å². The number of halogens is 3. The molecule has 0 spiro atoms. The number of amides is 1. The van der Waals surface area contributed by atoms with Gasteiger partial charge in [0, 0.05) is 12.7 Å². The molecule has 6 nitrogen and oxygen atoms in total. The smallest absolute Gasteiger partial charge is 0.391 e. The van der Waals surface area contributed by atoms with Crippen molar-refractivity contribution in [2.24, 2.45) is 0 Å². The SMILES string of the molecule is COCCOc1cccc(C(=O)NC(CC(F)(F)F)C(=O)O)c1. The van der Waals surface area contributed by atoms with Gasteiger partial charge in [-0.15, -0.1) is 0 Å². The fourth-order valence-electron chi connectivity index (χ4n) is 1.64. The Labute approximate surface area is 130 Å². The Balaban J connectivity index is 2.75. The van der Waals surface area contributed by atoms with Gasteiger partial charge in [0.2, 0.25) is 0 Å². The predicted octanol–water partition coefficient (Wildman–Crippen LogP) is 1.85. The number of carboxylic acid groups (broad SMARTS) is 1. The first kappa shape index (κ1) is 18.8. The summed E-state index contributed by atoms with van der Waals surface area (Å²) in [6.07, 6.45) is -6.36. The van der Waals surface area contributed by atoms with Crippen molar-refractivity contribution in [1.82, 2.24) is 5.32 Å². The third kappa shape index (κ3) is 7.00. The monoisotopic (exact) mass is 335 g/mol. The molecule has 1 unspecified atom stereocenters. The molecule has 0 aliphatic heterocycles. The molecule has 0 aromatic heterocycles. The Hall–Kier alpha value is -2.29. The third-order valence-electron chi connectivity index (χ3n) is 2.69. The number of rotatable bonds is 8. The molecule has 128 valence electrons. The first-order valence-electron chi connectivity index (χ1n) is 6.55. The van der Waals surface area contributed by atoms with Crippen LogP contribution in [0.25, 0.3) is 0 Å². The summed E-state index contributed by atoms with van der Waals surface area (Å²) in [5.74, 6) is -2.38. The number of alkyl halides is 3. The fourth-order valence-corrected chi connectivity index (χ4v) is 1.64. The van der Waals surface area contributed by atoms with Crippen LogP contribution in [-0.2, 0) is 9.53 Å². The predicted molar refractivity (Wildman–Crippen MR) is 73.4 cm³/mol. The first-order chi connectivity index (χ1) is 10.7. The molecule has 23 heavy (non-hydrogen) atoms. The summed E-state index contributed by atoms with van der Waals surface area (Å²) in [6, 6.07) is 3.61. The van der Waals surface area contributed by atoms with Crippen LogP contribution in [0, 0.1) is 0 Å². The summed E-state index contributed by atoms with van der Waals surface area (Å²) in [6.45, 7) is 0.552. The van der Waals surface area contributed by atoms with E-state index < -0.39 is 30.5 Å². The van der Waals surface area contributed by atoms with E-state index in [-0.39, 0.29) is 12.2 Å². The van der Waals surface area contributed by atoms with Crippen molar-refractivity contribution >= 4 is 11.9 Å². The molecular formula is C14H16F3NO5. The van der Waals surface area contributed by atoms with Gasteiger partial charge in [-0.25, -0.2) is 4.79 Å². The molecule has 0 saturated heterocycles. The molecule has 1 rings (SSSR count). The highest BCUT2D eigenvalue weighted by atomic mass is 19.4. The average Bonchev–Trinajstić information content (AvgIpc) is 2.45.